The lowest BCUT2D eigenvalue weighted by Crippen LogP contribution is -2.17. The van der Waals surface area contributed by atoms with Crippen molar-refractivity contribution >= 4 is 38.9 Å². The average Bonchev–Trinajstić information content (AvgIpc) is 2.77. The number of hydrogen-bond donors (Lipinski definition) is 1. The van der Waals surface area contributed by atoms with E-state index in [4.69, 9.17) is 22.1 Å². The van der Waals surface area contributed by atoms with Gasteiger partial charge in [0.2, 0.25) is 0 Å². The standard InChI is InChI=1S/C12H10BrClFNOS/c13-12-4-3-11(18-12)10(6-16)17-7-1-2-9(15)8(14)5-7/h1-5,10H,6,16H2. The van der Waals surface area contributed by atoms with Gasteiger partial charge in [-0.05, 0) is 40.2 Å². The predicted molar refractivity (Wildman–Crippen MR) is 75.9 cm³/mol. The van der Waals surface area contributed by atoms with Gasteiger partial charge in [-0.1, -0.05) is 11.6 Å². The van der Waals surface area contributed by atoms with Crippen LogP contribution in [-0.4, -0.2) is 6.54 Å². The van der Waals surface area contributed by atoms with E-state index in [2.05, 4.69) is 15.9 Å². The minimum Gasteiger partial charge on any atom is -0.484 e. The maximum absolute atomic E-state index is 13.0. The Balaban J connectivity index is 2.17. The molecule has 2 nitrogen and oxygen atoms in total. The van der Waals surface area contributed by atoms with Crippen molar-refractivity contribution in [2.75, 3.05) is 6.54 Å². The lowest BCUT2D eigenvalue weighted by Gasteiger charge is -2.16. The smallest absolute Gasteiger partial charge is 0.145 e. The fraction of sp³-hybridized carbons (Fsp3) is 0.167. The summed E-state index contributed by atoms with van der Waals surface area (Å²) in [5.41, 5.74) is 5.69. The highest BCUT2D eigenvalue weighted by Crippen LogP contribution is 2.31. The van der Waals surface area contributed by atoms with Crippen LogP contribution >= 0.6 is 38.9 Å². The van der Waals surface area contributed by atoms with Crippen molar-refractivity contribution in [2.24, 2.45) is 5.73 Å². The lowest BCUT2D eigenvalue weighted by molar-refractivity contribution is 0.218. The van der Waals surface area contributed by atoms with E-state index in [-0.39, 0.29) is 11.1 Å². The molecule has 6 heteroatoms. The molecule has 0 fully saturated rings. The average molecular weight is 351 g/mol. The molecule has 2 rings (SSSR count). The fourth-order valence-electron chi connectivity index (χ4n) is 1.44. The molecule has 2 aromatic rings. The van der Waals surface area contributed by atoms with Crippen LogP contribution in [0, 0.1) is 5.82 Å². The number of halogens is 3. The predicted octanol–water partition coefficient (Wildman–Crippen LogP) is 4.38. The molecule has 0 bridgehead atoms. The van der Waals surface area contributed by atoms with Crippen LogP contribution in [0.1, 0.15) is 11.0 Å². The summed E-state index contributed by atoms with van der Waals surface area (Å²) in [5.74, 6) is 0.0357. The molecule has 1 atom stereocenters. The first-order valence-corrected chi connectivity index (χ1v) is 7.16. The molecule has 0 aliphatic rings. The third kappa shape index (κ3) is 3.23. The lowest BCUT2D eigenvalue weighted by atomic mass is 10.3. The number of rotatable bonds is 4. The zero-order chi connectivity index (χ0) is 13.1. The summed E-state index contributed by atoms with van der Waals surface area (Å²) < 4.78 is 19.8. The fourth-order valence-corrected chi connectivity index (χ4v) is 3.07. The van der Waals surface area contributed by atoms with Gasteiger partial charge >= 0.3 is 0 Å². The Hall–Kier alpha value is -0.620. The Kier molecular flexibility index (Phi) is 4.61. The van der Waals surface area contributed by atoms with Crippen LogP contribution in [0.25, 0.3) is 0 Å². The highest BCUT2D eigenvalue weighted by molar-refractivity contribution is 9.11. The van der Waals surface area contributed by atoms with Gasteiger partial charge in [-0.3, -0.25) is 0 Å². The summed E-state index contributed by atoms with van der Waals surface area (Å²) in [4.78, 5) is 1.00. The second kappa shape index (κ2) is 6.02. The van der Waals surface area contributed by atoms with E-state index in [1.165, 1.54) is 18.2 Å². The summed E-state index contributed by atoms with van der Waals surface area (Å²) >= 11 is 10.6. The second-order valence-electron chi connectivity index (χ2n) is 3.56. The van der Waals surface area contributed by atoms with Crippen LogP contribution in [0.2, 0.25) is 5.02 Å². The largest absolute Gasteiger partial charge is 0.484 e. The molecule has 0 saturated carbocycles. The van der Waals surface area contributed by atoms with E-state index in [0.717, 1.165) is 8.66 Å². The summed E-state index contributed by atoms with van der Waals surface area (Å²) in [6.07, 6.45) is -0.261. The van der Waals surface area contributed by atoms with E-state index < -0.39 is 5.82 Å². The normalized spacial score (nSPS) is 12.4. The molecule has 1 aromatic heterocycles. The molecule has 0 spiro atoms. The van der Waals surface area contributed by atoms with Crippen molar-refractivity contribution in [1.82, 2.24) is 0 Å². The van der Waals surface area contributed by atoms with Crippen LogP contribution < -0.4 is 10.5 Å². The van der Waals surface area contributed by atoms with Gasteiger partial charge in [0.05, 0.1) is 8.81 Å². The number of ether oxygens (including phenoxy) is 1. The number of hydrogen-bond acceptors (Lipinski definition) is 3. The van der Waals surface area contributed by atoms with E-state index in [1.54, 1.807) is 11.3 Å². The second-order valence-corrected chi connectivity index (χ2v) is 6.46. The van der Waals surface area contributed by atoms with Crippen LogP contribution in [0.5, 0.6) is 5.75 Å². The van der Waals surface area contributed by atoms with Crippen LogP contribution in [-0.2, 0) is 0 Å². The summed E-state index contributed by atoms with van der Waals surface area (Å²) in [5, 5.41) is 0.0376. The number of benzene rings is 1. The monoisotopic (exact) mass is 349 g/mol. The minimum atomic E-state index is -0.466. The first kappa shape index (κ1) is 13.8. The van der Waals surface area contributed by atoms with Gasteiger partial charge in [0.15, 0.2) is 0 Å². The topological polar surface area (TPSA) is 35.2 Å². The Morgan fingerprint density at radius 3 is 2.72 bits per heavy atom. The minimum absolute atomic E-state index is 0.0376. The van der Waals surface area contributed by atoms with E-state index in [9.17, 15) is 4.39 Å². The Morgan fingerprint density at radius 1 is 1.39 bits per heavy atom. The molecular formula is C12H10BrClFNOS. The maximum Gasteiger partial charge on any atom is 0.145 e. The van der Waals surface area contributed by atoms with Crippen LogP contribution in [0.3, 0.4) is 0 Å². The van der Waals surface area contributed by atoms with Gasteiger partial charge in [-0.25, -0.2) is 4.39 Å². The molecule has 1 unspecified atom stereocenters. The van der Waals surface area contributed by atoms with Gasteiger partial charge in [0.25, 0.3) is 0 Å². The van der Waals surface area contributed by atoms with Gasteiger partial charge in [-0.15, -0.1) is 11.3 Å². The molecule has 96 valence electrons. The molecule has 0 radical (unpaired) electrons. The first-order valence-electron chi connectivity index (χ1n) is 5.17. The Labute approximate surface area is 122 Å². The maximum atomic E-state index is 13.0. The molecule has 2 N–H and O–H groups in total. The highest BCUT2D eigenvalue weighted by atomic mass is 79.9. The highest BCUT2D eigenvalue weighted by Gasteiger charge is 2.14. The molecule has 0 saturated heterocycles. The van der Waals surface area contributed by atoms with Gasteiger partial charge in [-0.2, -0.15) is 0 Å². The summed E-state index contributed by atoms with van der Waals surface area (Å²) in [6, 6.07) is 8.13. The SMILES string of the molecule is NCC(Oc1ccc(F)c(Cl)c1)c1ccc(Br)s1. The molecule has 18 heavy (non-hydrogen) atoms. The van der Waals surface area contributed by atoms with E-state index in [0.29, 0.717) is 12.3 Å². The Bertz CT molecular complexity index is 549. The summed E-state index contributed by atoms with van der Waals surface area (Å²) in [7, 11) is 0. The molecular weight excluding hydrogens is 341 g/mol. The van der Waals surface area contributed by atoms with Gasteiger partial charge in [0.1, 0.15) is 17.7 Å². The summed E-state index contributed by atoms with van der Waals surface area (Å²) in [6.45, 7) is 0.335. The molecule has 1 heterocycles. The van der Waals surface area contributed by atoms with Crippen molar-refractivity contribution < 1.29 is 9.13 Å². The van der Waals surface area contributed by atoms with Crippen LogP contribution in [0.4, 0.5) is 4.39 Å². The van der Waals surface area contributed by atoms with Crippen molar-refractivity contribution in [3.05, 3.63) is 49.8 Å². The molecule has 0 amide bonds. The zero-order valence-electron chi connectivity index (χ0n) is 9.20. The van der Waals surface area contributed by atoms with Crippen molar-refractivity contribution in [3.8, 4) is 5.75 Å². The first-order chi connectivity index (χ1) is 8.60. The van der Waals surface area contributed by atoms with Gasteiger partial charge < -0.3 is 10.5 Å². The molecule has 1 aromatic carbocycles. The Morgan fingerprint density at radius 2 is 2.17 bits per heavy atom. The molecule has 0 aliphatic carbocycles. The van der Waals surface area contributed by atoms with E-state index >= 15 is 0 Å². The van der Waals surface area contributed by atoms with Crippen molar-refractivity contribution in [3.63, 3.8) is 0 Å². The van der Waals surface area contributed by atoms with Gasteiger partial charge in [0, 0.05) is 17.5 Å². The zero-order valence-corrected chi connectivity index (χ0v) is 12.4. The van der Waals surface area contributed by atoms with E-state index in [1.807, 2.05) is 12.1 Å². The third-order valence-corrected chi connectivity index (χ3v) is 4.30. The number of thiophene rings is 1. The van der Waals surface area contributed by atoms with Crippen LogP contribution in [0.15, 0.2) is 34.1 Å². The third-order valence-electron chi connectivity index (χ3n) is 2.29. The quantitative estimate of drug-likeness (QED) is 0.888. The van der Waals surface area contributed by atoms with Crippen molar-refractivity contribution in [1.29, 1.82) is 0 Å². The number of nitrogens with two attached hydrogens (primary N) is 1. The van der Waals surface area contributed by atoms with Crippen molar-refractivity contribution in [2.45, 2.75) is 6.10 Å². The molecule has 0 aliphatic heterocycles.